The van der Waals surface area contributed by atoms with Crippen LogP contribution >= 0.6 is 23.4 Å². The van der Waals surface area contributed by atoms with Gasteiger partial charge in [-0.2, -0.15) is 5.26 Å². The lowest BCUT2D eigenvalue weighted by molar-refractivity contribution is 0.278. The first kappa shape index (κ1) is 19.6. The first-order valence-corrected chi connectivity index (χ1v) is 9.88. The van der Waals surface area contributed by atoms with Gasteiger partial charge in [-0.05, 0) is 31.4 Å². The second kappa shape index (κ2) is 10.3. The molecule has 5 nitrogen and oxygen atoms in total. The highest BCUT2D eigenvalue weighted by atomic mass is 35.5. The first-order valence-electron chi connectivity index (χ1n) is 8.52. The van der Waals surface area contributed by atoms with E-state index in [1.807, 2.05) is 18.2 Å². The van der Waals surface area contributed by atoms with Crippen LogP contribution in [-0.2, 0) is 6.61 Å². The highest BCUT2D eigenvalue weighted by Crippen LogP contribution is 2.28. The van der Waals surface area contributed by atoms with Gasteiger partial charge in [0.1, 0.15) is 12.4 Å². The number of nitrogens with zero attached hydrogens (tertiary/aromatic N) is 4. The Kier molecular flexibility index (Phi) is 8.10. The predicted molar refractivity (Wildman–Crippen MR) is 101 cm³/mol. The number of rotatable bonds is 10. The van der Waals surface area contributed by atoms with Crippen molar-refractivity contribution >= 4 is 23.4 Å². The number of halogens is 1. The highest BCUT2D eigenvalue weighted by Gasteiger charge is 2.19. The smallest absolute Gasteiger partial charge is 0.191 e. The molecule has 0 amide bonds. The lowest BCUT2D eigenvalue weighted by atomic mass is 10.2. The third-order valence-electron chi connectivity index (χ3n) is 3.90. The molecule has 0 fully saturated rings. The van der Waals surface area contributed by atoms with Gasteiger partial charge < -0.3 is 9.30 Å². The van der Waals surface area contributed by atoms with E-state index in [-0.39, 0.29) is 0 Å². The van der Waals surface area contributed by atoms with Gasteiger partial charge in [-0.1, -0.05) is 49.3 Å². The fourth-order valence-electron chi connectivity index (χ4n) is 2.54. The molecule has 0 aliphatic heterocycles. The van der Waals surface area contributed by atoms with Crippen molar-refractivity contribution in [2.24, 2.45) is 0 Å². The highest BCUT2D eigenvalue weighted by molar-refractivity contribution is 7.99. The summed E-state index contributed by atoms with van der Waals surface area (Å²) in [6.07, 6.45) is 3.41. The lowest BCUT2D eigenvalue weighted by Gasteiger charge is -2.19. The van der Waals surface area contributed by atoms with Crippen molar-refractivity contribution in [2.75, 3.05) is 5.75 Å². The summed E-state index contributed by atoms with van der Waals surface area (Å²) < 4.78 is 8.03. The summed E-state index contributed by atoms with van der Waals surface area (Å²) in [5, 5.41) is 18.8. The molecule has 134 valence electrons. The molecule has 0 aliphatic carbocycles. The minimum absolute atomic E-state index is 0.325. The van der Waals surface area contributed by atoms with E-state index in [2.05, 4.69) is 34.7 Å². The van der Waals surface area contributed by atoms with Crippen molar-refractivity contribution in [2.45, 2.75) is 57.3 Å². The van der Waals surface area contributed by atoms with Crippen LogP contribution in [0.3, 0.4) is 0 Å². The summed E-state index contributed by atoms with van der Waals surface area (Å²) >= 11 is 7.80. The first-order chi connectivity index (χ1) is 12.2. The third-order valence-corrected chi connectivity index (χ3v) is 5.24. The third kappa shape index (κ3) is 5.38. The Morgan fingerprint density at radius 3 is 2.72 bits per heavy atom. The molecule has 0 saturated heterocycles. The van der Waals surface area contributed by atoms with E-state index in [0.717, 1.165) is 36.0 Å². The fraction of sp³-hybridized carbons (Fsp3) is 0.500. The molecule has 0 atom stereocenters. The standard InChI is InChI=1S/C18H23ClN4OS/c1-3-14(4-2)23-17(13-24-16-10-6-5-9-15(16)19)21-22-18(23)25-12-8-7-11-20/h5-6,9-10,14H,3-4,7-8,12-13H2,1-2H3. The lowest BCUT2D eigenvalue weighted by Crippen LogP contribution is -2.14. The summed E-state index contributed by atoms with van der Waals surface area (Å²) in [6, 6.07) is 9.92. The maximum Gasteiger partial charge on any atom is 0.191 e. The van der Waals surface area contributed by atoms with Crippen LogP contribution in [0, 0.1) is 11.3 Å². The van der Waals surface area contributed by atoms with Gasteiger partial charge in [0.05, 0.1) is 11.1 Å². The van der Waals surface area contributed by atoms with Crippen molar-refractivity contribution in [1.29, 1.82) is 5.26 Å². The SMILES string of the molecule is CCC(CC)n1c(COc2ccccc2Cl)nnc1SCCCC#N. The van der Waals surface area contributed by atoms with Gasteiger partial charge >= 0.3 is 0 Å². The summed E-state index contributed by atoms with van der Waals surface area (Å²) in [5.41, 5.74) is 0. The summed E-state index contributed by atoms with van der Waals surface area (Å²) in [4.78, 5) is 0. The Morgan fingerprint density at radius 1 is 1.28 bits per heavy atom. The molecule has 1 aromatic carbocycles. The van der Waals surface area contributed by atoms with Crippen LogP contribution in [0.4, 0.5) is 0 Å². The van der Waals surface area contributed by atoms with E-state index in [1.54, 1.807) is 17.8 Å². The van der Waals surface area contributed by atoms with Crippen LogP contribution in [0.5, 0.6) is 5.75 Å². The molecule has 0 spiro atoms. The van der Waals surface area contributed by atoms with Crippen LogP contribution < -0.4 is 4.74 Å². The quantitative estimate of drug-likeness (QED) is 0.416. The van der Waals surface area contributed by atoms with Crippen LogP contribution in [0.2, 0.25) is 5.02 Å². The molecule has 2 rings (SSSR count). The van der Waals surface area contributed by atoms with Gasteiger partial charge in [0.2, 0.25) is 0 Å². The fourth-order valence-corrected chi connectivity index (χ4v) is 3.70. The Morgan fingerprint density at radius 2 is 2.04 bits per heavy atom. The number of ether oxygens (including phenoxy) is 1. The van der Waals surface area contributed by atoms with Gasteiger partial charge in [-0.25, -0.2) is 0 Å². The van der Waals surface area contributed by atoms with Gasteiger partial charge in [0, 0.05) is 18.2 Å². The number of thioether (sulfide) groups is 1. The number of hydrogen-bond acceptors (Lipinski definition) is 5. The average Bonchev–Trinajstić information content (AvgIpc) is 3.02. The number of benzene rings is 1. The van der Waals surface area contributed by atoms with Crippen molar-refractivity contribution in [3.63, 3.8) is 0 Å². The summed E-state index contributed by atoms with van der Waals surface area (Å²) in [6.45, 7) is 4.65. The van der Waals surface area contributed by atoms with E-state index in [1.165, 1.54) is 0 Å². The predicted octanol–water partition coefficient (Wildman–Crippen LogP) is 5.27. The topological polar surface area (TPSA) is 63.7 Å². The van der Waals surface area contributed by atoms with Crippen molar-refractivity contribution < 1.29 is 4.74 Å². The molecule has 0 bridgehead atoms. The normalized spacial score (nSPS) is 10.8. The molecule has 0 saturated carbocycles. The maximum absolute atomic E-state index is 8.67. The van der Waals surface area contributed by atoms with Crippen molar-refractivity contribution in [3.05, 3.63) is 35.1 Å². The number of aromatic nitrogens is 3. The molecule has 0 unspecified atom stereocenters. The summed E-state index contributed by atoms with van der Waals surface area (Å²) in [7, 11) is 0. The molecule has 1 heterocycles. The van der Waals surface area contributed by atoms with Crippen LogP contribution in [-0.4, -0.2) is 20.5 Å². The number of hydrogen-bond donors (Lipinski definition) is 0. The Labute approximate surface area is 158 Å². The van der Waals surface area contributed by atoms with Gasteiger partial charge in [0.25, 0.3) is 0 Å². The van der Waals surface area contributed by atoms with Gasteiger partial charge in [-0.15, -0.1) is 10.2 Å². The average molecular weight is 379 g/mol. The van der Waals surface area contributed by atoms with Crippen molar-refractivity contribution in [3.8, 4) is 11.8 Å². The van der Waals surface area contributed by atoms with Crippen LogP contribution in [0.1, 0.15) is 51.4 Å². The van der Waals surface area contributed by atoms with E-state index < -0.39 is 0 Å². The number of unbranched alkanes of at least 4 members (excludes halogenated alkanes) is 1. The molecule has 0 N–H and O–H groups in total. The molecule has 0 radical (unpaired) electrons. The Hall–Kier alpha value is -1.71. The minimum atomic E-state index is 0.325. The second-order valence-electron chi connectivity index (χ2n) is 5.57. The van der Waals surface area contributed by atoms with Crippen LogP contribution in [0.15, 0.2) is 29.4 Å². The maximum atomic E-state index is 8.67. The Balaban J connectivity index is 2.14. The molecule has 7 heteroatoms. The van der Waals surface area contributed by atoms with Gasteiger partial charge in [-0.3, -0.25) is 0 Å². The van der Waals surface area contributed by atoms with E-state index in [4.69, 9.17) is 21.6 Å². The number of nitriles is 1. The zero-order valence-electron chi connectivity index (χ0n) is 14.6. The zero-order chi connectivity index (χ0) is 18.1. The van der Waals surface area contributed by atoms with Crippen LogP contribution in [0.25, 0.3) is 0 Å². The molecular formula is C18H23ClN4OS. The molecule has 0 aliphatic rings. The van der Waals surface area contributed by atoms with E-state index in [9.17, 15) is 0 Å². The molecule has 1 aromatic heterocycles. The molecule has 2 aromatic rings. The summed E-state index contributed by atoms with van der Waals surface area (Å²) in [5.74, 6) is 2.31. The molecular weight excluding hydrogens is 356 g/mol. The second-order valence-corrected chi connectivity index (χ2v) is 7.04. The zero-order valence-corrected chi connectivity index (χ0v) is 16.2. The van der Waals surface area contributed by atoms with Gasteiger partial charge in [0.15, 0.2) is 11.0 Å². The van der Waals surface area contributed by atoms with Crippen molar-refractivity contribution in [1.82, 2.24) is 14.8 Å². The Bertz CT molecular complexity index is 709. The van der Waals surface area contributed by atoms with E-state index in [0.29, 0.717) is 29.8 Å². The largest absolute Gasteiger partial charge is 0.484 e. The van der Waals surface area contributed by atoms with E-state index >= 15 is 0 Å². The minimum Gasteiger partial charge on any atom is -0.484 e. The number of para-hydroxylation sites is 1. The molecule has 25 heavy (non-hydrogen) atoms. The monoisotopic (exact) mass is 378 g/mol.